The monoisotopic (exact) mass is 371 g/mol. The van der Waals surface area contributed by atoms with E-state index >= 15 is 0 Å². The van der Waals surface area contributed by atoms with Gasteiger partial charge >= 0.3 is 0 Å². The fraction of sp³-hybridized carbons (Fsp3) is 0.250. The lowest BCUT2D eigenvalue weighted by Gasteiger charge is -2.29. The van der Waals surface area contributed by atoms with E-state index in [1.54, 1.807) is 10.8 Å². The Hall–Kier alpha value is -3.14. The van der Waals surface area contributed by atoms with E-state index in [-0.39, 0.29) is 5.78 Å². The van der Waals surface area contributed by atoms with Crippen LogP contribution in [0.3, 0.4) is 0 Å². The SMILES string of the molecule is Cn1nc(C(=O)C=CC2CCN(C=Cc3ccccc3)CC2)c2ccccc21. The molecule has 3 aromatic rings. The molecule has 0 aliphatic carbocycles. The minimum absolute atomic E-state index is 0.0109. The maximum Gasteiger partial charge on any atom is 0.206 e. The Labute approximate surface area is 165 Å². The summed E-state index contributed by atoms with van der Waals surface area (Å²) in [4.78, 5) is 15.0. The molecule has 4 rings (SSSR count). The number of nitrogens with zero attached hydrogens (tertiary/aromatic N) is 3. The van der Waals surface area contributed by atoms with Gasteiger partial charge in [0.05, 0.1) is 5.52 Å². The average molecular weight is 371 g/mol. The number of hydrogen-bond donors (Lipinski definition) is 0. The first-order chi connectivity index (χ1) is 13.7. The molecule has 1 aliphatic rings. The molecule has 0 radical (unpaired) electrons. The second kappa shape index (κ2) is 8.26. The molecule has 2 heterocycles. The van der Waals surface area contributed by atoms with Gasteiger partial charge in [-0.1, -0.05) is 54.6 Å². The fourth-order valence-corrected chi connectivity index (χ4v) is 3.71. The molecule has 1 fully saturated rings. The molecular formula is C24H25N3O. The van der Waals surface area contributed by atoms with Gasteiger partial charge in [-0.15, -0.1) is 0 Å². The van der Waals surface area contributed by atoms with Gasteiger partial charge in [-0.3, -0.25) is 9.48 Å². The van der Waals surface area contributed by atoms with Crippen molar-refractivity contribution >= 4 is 22.8 Å². The number of carbonyl (C=O) groups excluding carboxylic acids is 1. The summed E-state index contributed by atoms with van der Waals surface area (Å²) < 4.78 is 1.77. The van der Waals surface area contributed by atoms with Gasteiger partial charge in [0.1, 0.15) is 5.69 Å². The lowest BCUT2D eigenvalue weighted by molar-refractivity contribution is 0.104. The van der Waals surface area contributed by atoms with Crippen LogP contribution in [-0.4, -0.2) is 33.6 Å². The minimum atomic E-state index is -0.0109. The van der Waals surface area contributed by atoms with E-state index in [9.17, 15) is 4.79 Å². The van der Waals surface area contributed by atoms with Crippen LogP contribution in [0.1, 0.15) is 28.9 Å². The Bertz CT molecular complexity index is 1010. The molecule has 0 saturated carbocycles. The molecule has 4 nitrogen and oxygen atoms in total. The summed E-state index contributed by atoms with van der Waals surface area (Å²) in [6.45, 7) is 2.03. The number of fused-ring (bicyclic) bond motifs is 1. The highest BCUT2D eigenvalue weighted by Gasteiger charge is 2.17. The van der Waals surface area contributed by atoms with Crippen molar-refractivity contribution in [3.8, 4) is 0 Å². The van der Waals surface area contributed by atoms with Gasteiger partial charge in [-0.25, -0.2) is 0 Å². The smallest absolute Gasteiger partial charge is 0.206 e. The van der Waals surface area contributed by atoms with Crippen molar-refractivity contribution in [2.75, 3.05) is 13.1 Å². The maximum absolute atomic E-state index is 12.7. The normalized spacial score (nSPS) is 15.8. The van der Waals surface area contributed by atoms with Crippen LogP contribution in [0.5, 0.6) is 0 Å². The van der Waals surface area contributed by atoms with Gasteiger partial charge < -0.3 is 4.90 Å². The quantitative estimate of drug-likeness (QED) is 0.482. The van der Waals surface area contributed by atoms with Crippen LogP contribution in [0.15, 0.2) is 72.9 Å². The molecule has 1 aliphatic heterocycles. The van der Waals surface area contributed by atoms with Crippen LogP contribution < -0.4 is 0 Å². The van der Waals surface area contributed by atoms with Crippen LogP contribution in [0, 0.1) is 5.92 Å². The molecule has 1 aromatic heterocycles. The molecule has 0 N–H and O–H groups in total. The number of likely N-dealkylation sites (tertiary alicyclic amines) is 1. The van der Waals surface area contributed by atoms with Crippen molar-refractivity contribution in [2.45, 2.75) is 12.8 Å². The molecule has 1 saturated heterocycles. The minimum Gasteiger partial charge on any atom is -0.377 e. The first kappa shape index (κ1) is 18.2. The van der Waals surface area contributed by atoms with Crippen molar-refractivity contribution in [1.82, 2.24) is 14.7 Å². The summed E-state index contributed by atoms with van der Waals surface area (Å²) in [5, 5.41) is 5.33. The Morgan fingerprint density at radius 1 is 1.04 bits per heavy atom. The van der Waals surface area contributed by atoms with Crippen LogP contribution >= 0.6 is 0 Å². The van der Waals surface area contributed by atoms with E-state index in [1.807, 2.05) is 37.4 Å². The number of ketones is 1. The summed E-state index contributed by atoms with van der Waals surface area (Å²) in [6.07, 6.45) is 10.3. The first-order valence-electron chi connectivity index (χ1n) is 9.82. The van der Waals surface area contributed by atoms with Crippen LogP contribution in [-0.2, 0) is 7.05 Å². The van der Waals surface area contributed by atoms with E-state index in [1.165, 1.54) is 5.56 Å². The lowest BCUT2D eigenvalue weighted by atomic mass is 9.96. The van der Waals surface area contributed by atoms with Crippen LogP contribution in [0.4, 0.5) is 0 Å². The number of carbonyl (C=O) groups is 1. The van der Waals surface area contributed by atoms with Gasteiger partial charge in [0, 0.05) is 25.5 Å². The number of rotatable bonds is 5. The average Bonchev–Trinajstić information content (AvgIpc) is 3.09. The predicted octanol–water partition coefficient (Wildman–Crippen LogP) is 4.70. The largest absolute Gasteiger partial charge is 0.377 e. The third kappa shape index (κ3) is 4.06. The molecule has 0 bridgehead atoms. The van der Waals surface area contributed by atoms with Crippen molar-refractivity contribution < 1.29 is 4.79 Å². The second-order valence-electron chi connectivity index (χ2n) is 7.31. The van der Waals surface area contributed by atoms with E-state index in [0.29, 0.717) is 11.6 Å². The first-order valence-corrected chi connectivity index (χ1v) is 9.82. The highest BCUT2D eigenvalue weighted by molar-refractivity contribution is 6.11. The predicted molar refractivity (Wildman–Crippen MR) is 114 cm³/mol. The number of aromatic nitrogens is 2. The molecule has 2 aromatic carbocycles. The van der Waals surface area contributed by atoms with Gasteiger partial charge in [-0.05, 0) is 48.7 Å². The van der Waals surface area contributed by atoms with E-state index in [0.717, 1.165) is 36.8 Å². The van der Waals surface area contributed by atoms with Gasteiger partial charge in [0.15, 0.2) is 0 Å². The Morgan fingerprint density at radius 2 is 1.75 bits per heavy atom. The van der Waals surface area contributed by atoms with E-state index in [4.69, 9.17) is 0 Å². The number of hydrogen-bond acceptors (Lipinski definition) is 3. The fourth-order valence-electron chi connectivity index (χ4n) is 3.71. The summed E-state index contributed by atoms with van der Waals surface area (Å²) in [5.41, 5.74) is 2.74. The highest BCUT2D eigenvalue weighted by Crippen LogP contribution is 2.21. The number of para-hydroxylation sites is 1. The van der Waals surface area contributed by atoms with Crippen molar-refractivity contribution in [1.29, 1.82) is 0 Å². The zero-order valence-corrected chi connectivity index (χ0v) is 16.2. The zero-order valence-electron chi connectivity index (χ0n) is 16.2. The van der Waals surface area contributed by atoms with E-state index in [2.05, 4.69) is 52.6 Å². The Kier molecular flexibility index (Phi) is 5.38. The molecule has 28 heavy (non-hydrogen) atoms. The zero-order chi connectivity index (χ0) is 19.3. The summed E-state index contributed by atoms with van der Waals surface area (Å²) in [6, 6.07) is 18.2. The van der Waals surface area contributed by atoms with Gasteiger partial charge in [0.25, 0.3) is 0 Å². The topological polar surface area (TPSA) is 38.1 Å². The number of benzene rings is 2. The molecule has 0 unspecified atom stereocenters. The van der Waals surface area contributed by atoms with Gasteiger partial charge in [-0.2, -0.15) is 5.10 Å². The molecule has 0 spiro atoms. The Balaban J connectivity index is 1.35. The molecular weight excluding hydrogens is 346 g/mol. The second-order valence-corrected chi connectivity index (χ2v) is 7.31. The Morgan fingerprint density at radius 3 is 2.54 bits per heavy atom. The summed E-state index contributed by atoms with van der Waals surface area (Å²) >= 11 is 0. The molecule has 142 valence electrons. The highest BCUT2D eigenvalue weighted by atomic mass is 16.1. The third-order valence-corrected chi connectivity index (χ3v) is 5.36. The van der Waals surface area contributed by atoms with Crippen molar-refractivity contribution in [3.63, 3.8) is 0 Å². The van der Waals surface area contributed by atoms with Crippen molar-refractivity contribution in [3.05, 3.63) is 84.2 Å². The summed E-state index contributed by atoms with van der Waals surface area (Å²) in [7, 11) is 1.88. The molecule has 0 amide bonds. The van der Waals surface area contributed by atoms with Crippen molar-refractivity contribution in [2.24, 2.45) is 13.0 Å². The summed E-state index contributed by atoms with van der Waals surface area (Å²) in [5.74, 6) is 0.434. The number of aryl methyl sites for hydroxylation is 1. The molecule has 4 heteroatoms. The molecule has 0 atom stereocenters. The van der Waals surface area contributed by atoms with Crippen LogP contribution in [0.25, 0.3) is 17.0 Å². The lowest BCUT2D eigenvalue weighted by Crippen LogP contribution is -2.28. The third-order valence-electron chi connectivity index (χ3n) is 5.36. The number of allylic oxidation sites excluding steroid dienone is 2. The maximum atomic E-state index is 12.7. The van der Waals surface area contributed by atoms with Gasteiger partial charge in [0.2, 0.25) is 5.78 Å². The van der Waals surface area contributed by atoms with E-state index < -0.39 is 0 Å². The standard InChI is InChI=1S/C24H25N3O/c1-26-22-10-6-5-9-21(22)24(25-26)23(28)12-11-20-14-17-27(18-15-20)16-13-19-7-3-2-4-8-19/h2-13,16,20H,14-15,17-18H2,1H3. The number of piperidine rings is 1. The van der Waals surface area contributed by atoms with Crippen LogP contribution in [0.2, 0.25) is 0 Å².